The summed E-state index contributed by atoms with van der Waals surface area (Å²) < 4.78 is 26.7. The van der Waals surface area contributed by atoms with E-state index in [1.165, 1.54) is 0 Å². The average molecular weight is 488 g/mol. The van der Waals surface area contributed by atoms with Crippen molar-refractivity contribution < 1.29 is 74.7 Å². The number of hydrogen-bond acceptors (Lipinski definition) is 15. The molecule has 3 saturated heterocycles. The van der Waals surface area contributed by atoms with Gasteiger partial charge in [0.2, 0.25) is 0 Å². The van der Waals surface area contributed by atoms with E-state index in [1.807, 2.05) is 0 Å². The van der Waals surface area contributed by atoms with Crippen LogP contribution in [0.15, 0.2) is 0 Å². The Kier molecular flexibility index (Phi) is 9.35. The summed E-state index contributed by atoms with van der Waals surface area (Å²) in [6.07, 6.45) is -21.6. The van der Waals surface area contributed by atoms with E-state index in [9.17, 15) is 51.1 Å². The van der Waals surface area contributed by atoms with Crippen molar-refractivity contribution in [2.75, 3.05) is 19.8 Å². The number of hydrogen-bond donors (Lipinski definition) is 10. The van der Waals surface area contributed by atoms with Crippen LogP contribution in [0.4, 0.5) is 0 Å². The van der Waals surface area contributed by atoms with Crippen molar-refractivity contribution in [2.24, 2.45) is 0 Å². The van der Waals surface area contributed by atoms with Crippen LogP contribution in [0.1, 0.15) is 6.42 Å². The van der Waals surface area contributed by atoms with E-state index in [2.05, 4.69) is 0 Å². The standard InChI is InChI=1S/C18H32O15/c19-2-6-10(24)11(25)13(27)17(30-6)33-16-8(4-21)31-18(14(28)12(16)26)32-15-5(22)1-9(23)29-7(15)3-20/h5-28H,1-4H2/t5-,6-,7-,8-,9?,10-,11+,12-,13-,14-,15+,16-,17-,18-/m0/s1. The first-order valence-electron chi connectivity index (χ1n) is 10.5. The highest BCUT2D eigenvalue weighted by Gasteiger charge is 2.52. The van der Waals surface area contributed by atoms with Crippen LogP contribution in [0, 0.1) is 0 Å². The molecule has 0 aromatic rings. The molecule has 0 amide bonds. The van der Waals surface area contributed by atoms with Gasteiger partial charge in [0.05, 0.1) is 25.9 Å². The zero-order chi connectivity index (χ0) is 24.4. The van der Waals surface area contributed by atoms with E-state index in [-0.39, 0.29) is 6.42 Å². The normalized spacial score (nSPS) is 51.5. The fourth-order valence-electron chi connectivity index (χ4n) is 4.07. The van der Waals surface area contributed by atoms with Gasteiger partial charge in [0, 0.05) is 6.42 Å². The van der Waals surface area contributed by atoms with Crippen LogP contribution in [-0.4, -0.2) is 157 Å². The Morgan fingerprint density at radius 2 is 1.03 bits per heavy atom. The van der Waals surface area contributed by atoms with Gasteiger partial charge in [-0.25, -0.2) is 0 Å². The molecule has 0 spiro atoms. The Balaban J connectivity index is 1.70. The predicted molar refractivity (Wildman–Crippen MR) is 99.9 cm³/mol. The second-order valence-corrected chi connectivity index (χ2v) is 8.22. The molecule has 3 heterocycles. The van der Waals surface area contributed by atoms with Gasteiger partial charge in [-0.2, -0.15) is 0 Å². The number of rotatable bonds is 7. The molecule has 0 aliphatic carbocycles. The second-order valence-electron chi connectivity index (χ2n) is 8.22. The van der Waals surface area contributed by atoms with E-state index in [0.717, 1.165) is 0 Å². The van der Waals surface area contributed by atoms with Gasteiger partial charge in [0.15, 0.2) is 18.9 Å². The lowest BCUT2D eigenvalue weighted by atomic mass is 9.96. The van der Waals surface area contributed by atoms with E-state index >= 15 is 0 Å². The number of aliphatic hydroxyl groups is 10. The third kappa shape index (κ3) is 5.64. The van der Waals surface area contributed by atoms with Crippen molar-refractivity contribution in [1.29, 1.82) is 0 Å². The van der Waals surface area contributed by atoms with Gasteiger partial charge in [-0.3, -0.25) is 0 Å². The average Bonchev–Trinajstić information content (AvgIpc) is 2.79. The molecule has 0 aromatic heterocycles. The molecule has 0 aromatic carbocycles. The molecular weight excluding hydrogens is 456 g/mol. The third-order valence-corrected chi connectivity index (χ3v) is 5.95. The Labute approximate surface area is 187 Å². The van der Waals surface area contributed by atoms with Gasteiger partial charge >= 0.3 is 0 Å². The zero-order valence-corrected chi connectivity index (χ0v) is 17.4. The van der Waals surface area contributed by atoms with Gasteiger partial charge in [0.1, 0.15) is 61.0 Å². The summed E-state index contributed by atoms with van der Waals surface area (Å²) in [5.41, 5.74) is 0. The zero-order valence-electron chi connectivity index (χ0n) is 17.4. The topological polar surface area (TPSA) is 248 Å². The van der Waals surface area contributed by atoms with Crippen LogP contribution in [0.3, 0.4) is 0 Å². The summed E-state index contributed by atoms with van der Waals surface area (Å²) in [5, 5.41) is 99.2. The van der Waals surface area contributed by atoms with Crippen molar-refractivity contribution in [3.8, 4) is 0 Å². The van der Waals surface area contributed by atoms with Crippen molar-refractivity contribution in [3.63, 3.8) is 0 Å². The maximum Gasteiger partial charge on any atom is 0.187 e. The smallest absolute Gasteiger partial charge is 0.187 e. The van der Waals surface area contributed by atoms with Gasteiger partial charge in [0.25, 0.3) is 0 Å². The number of ether oxygens (including phenoxy) is 5. The maximum absolute atomic E-state index is 10.6. The monoisotopic (exact) mass is 488 g/mol. The van der Waals surface area contributed by atoms with E-state index in [0.29, 0.717) is 0 Å². The largest absolute Gasteiger partial charge is 0.394 e. The van der Waals surface area contributed by atoms with Crippen molar-refractivity contribution in [3.05, 3.63) is 0 Å². The maximum atomic E-state index is 10.6. The molecule has 0 saturated carbocycles. The first-order chi connectivity index (χ1) is 15.6. The Morgan fingerprint density at radius 3 is 1.61 bits per heavy atom. The van der Waals surface area contributed by atoms with Gasteiger partial charge < -0.3 is 74.7 Å². The molecule has 194 valence electrons. The van der Waals surface area contributed by atoms with Crippen LogP contribution < -0.4 is 0 Å². The van der Waals surface area contributed by atoms with Crippen molar-refractivity contribution in [1.82, 2.24) is 0 Å². The van der Waals surface area contributed by atoms with E-state index < -0.39 is 106 Å². The highest BCUT2D eigenvalue weighted by Crippen LogP contribution is 2.31. The Morgan fingerprint density at radius 1 is 0.545 bits per heavy atom. The van der Waals surface area contributed by atoms with Crippen LogP contribution in [-0.2, 0) is 23.7 Å². The van der Waals surface area contributed by atoms with Gasteiger partial charge in [-0.1, -0.05) is 0 Å². The summed E-state index contributed by atoms with van der Waals surface area (Å²) in [4.78, 5) is 0. The lowest BCUT2D eigenvalue weighted by Crippen LogP contribution is -2.65. The first-order valence-corrected chi connectivity index (χ1v) is 10.5. The molecule has 33 heavy (non-hydrogen) atoms. The molecule has 14 atom stereocenters. The van der Waals surface area contributed by atoms with Crippen LogP contribution in [0.2, 0.25) is 0 Å². The molecule has 1 unspecified atom stereocenters. The predicted octanol–water partition coefficient (Wildman–Crippen LogP) is -6.54. The minimum Gasteiger partial charge on any atom is -0.394 e. The quantitative estimate of drug-likeness (QED) is 0.160. The summed E-state index contributed by atoms with van der Waals surface area (Å²) in [6.45, 7) is -2.13. The molecule has 0 bridgehead atoms. The molecule has 3 rings (SSSR count). The minimum absolute atomic E-state index is 0.251. The fraction of sp³-hybridized carbons (Fsp3) is 1.00. The second kappa shape index (κ2) is 11.4. The van der Waals surface area contributed by atoms with Crippen LogP contribution in [0.25, 0.3) is 0 Å². The molecule has 10 N–H and O–H groups in total. The highest BCUT2D eigenvalue weighted by atomic mass is 16.7. The Hall–Kier alpha value is -0.600. The number of aliphatic hydroxyl groups excluding tert-OH is 10. The van der Waals surface area contributed by atoms with Gasteiger partial charge in [-0.15, -0.1) is 0 Å². The van der Waals surface area contributed by atoms with Crippen LogP contribution in [0.5, 0.6) is 0 Å². The molecule has 3 aliphatic rings. The summed E-state index contributed by atoms with van der Waals surface area (Å²) in [7, 11) is 0. The van der Waals surface area contributed by atoms with Crippen molar-refractivity contribution in [2.45, 2.75) is 92.4 Å². The summed E-state index contributed by atoms with van der Waals surface area (Å²) in [6, 6.07) is 0. The van der Waals surface area contributed by atoms with E-state index in [1.54, 1.807) is 0 Å². The summed E-state index contributed by atoms with van der Waals surface area (Å²) in [5.74, 6) is 0. The lowest BCUT2D eigenvalue weighted by Gasteiger charge is -2.47. The third-order valence-electron chi connectivity index (χ3n) is 5.95. The molecule has 15 heteroatoms. The lowest BCUT2D eigenvalue weighted by molar-refractivity contribution is -0.372. The molecule has 3 fully saturated rings. The first kappa shape index (κ1) is 27.0. The van der Waals surface area contributed by atoms with E-state index in [4.69, 9.17) is 23.7 Å². The minimum atomic E-state index is -1.82. The highest BCUT2D eigenvalue weighted by molar-refractivity contribution is 4.95. The fourth-order valence-corrected chi connectivity index (χ4v) is 4.07. The molecule has 15 nitrogen and oxygen atoms in total. The molecule has 3 aliphatic heterocycles. The molecule has 0 radical (unpaired) electrons. The summed E-state index contributed by atoms with van der Waals surface area (Å²) >= 11 is 0. The van der Waals surface area contributed by atoms with Crippen LogP contribution >= 0.6 is 0 Å². The van der Waals surface area contributed by atoms with Crippen molar-refractivity contribution >= 4 is 0 Å². The SMILES string of the molecule is OC[C@@H]1O[C@@H](O[C@@H]2[C@@H](O)[C@H](O)[C@H](O[C@H]3[C@H](CO)OC(O)C[C@@H]3O)O[C@H]2CO)[C@@H](O)[C@H](O)[C@H]1O. The Bertz CT molecular complexity index is 607. The molecular formula is C18H32O15. The van der Waals surface area contributed by atoms with Gasteiger partial charge in [-0.05, 0) is 0 Å².